The van der Waals surface area contributed by atoms with Crippen molar-refractivity contribution in [3.05, 3.63) is 65.7 Å². The van der Waals surface area contributed by atoms with Crippen molar-refractivity contribution in [1.82, 2.24) is 4.90 Å². The van der Waals surface area contributed by atoms with E-state index in [-0.39, 0.29) is 5.91 Å². The molecule has 3 nitrogen and oxygen atoms in total. The topological polar surface area (TPSA) is 32.3 Å². The molecular weight excluding hydrogens is 256 g/mol. The average molecular weight is 268 g/mol. The van der Waals surface area contributed by atoms with Crippen LogP contribution < -0.4 is 5.32 Å². The van der Waals surface area contributed by atoms with Gasteiger partial charge in [0.1, 0.15) is 0 Å². The highest BCUT2D eigenvalue weighted by atomic mass is 32.1. The summed E-state index contributed by atoms with van der Waals surface area (Å²) in [6.07, 6.45) is 0. The Morgan fingerprint density at radius 1 is 1.05 bits per heavy atom. The summed E-state index contributed by atoms with van der Waals surface area (Å²) < 4.78 is 0. The zero-order valence-electron chi connectivity index (χ0n) is 10.2. The van der Waals surface area contributed by atoms with Crippen molar-refractivity contribution in [1.29, 1.82) is 0 Å². The highest BCUT2D eigenvalue weighted by Crippen LogP contribution is 2.24. The minimum Gasteiger partial charge on any atom is -0.332 e. The first-order chi connectivity index (χ1) is 9.25. The largest absolute Gasteiger partial charge is 0.332 e. The van der Waals surface area contributed by atoms with Crippen molar-refractivity contribution in [2.75, 3.05) is 5.32 Å². The van der Waals surface area contributed by atoms with E-state index in [9.17, 15) is 4.79 Å². The smallest absolute Gasteiger partial charge is 0.260 e. The second kappa shape index (κ2) is 4.82. The van der Waals surface area contributed by atoms with Gasteiger partial charge in [-0.05, 0) is 36.0 Å². The highest BCUT2D eigenvalue weighted by molar-refractivity contribution is 7.80. The van der Waals surface area contributed by atoms with E-state index in [0.29, 0.717) is 17.2 Å². The molecule has 0 aliphatic carbocycles. The van der Waals surface area contributed by atoms with Crippen LogP contribution in [0.25, 0.3) is 0 Å². The average Bonchev–Trinajstić information content (AvgIpc) is 2.47. The summed E-state index contributed by atoms with van der Waals surface area (Å²) in [7, 11) is 0. The minimum absolute atomic E-state index is 0.0763. The van der Waals surface area contributed by atoms with Gasteiger partial charge < -0.3 is 5.32 Å². The Morgan fingerprint density at radius 3 is 2.53 bits per heavy atom. The molecule has 0 atom stereocenters. The number of fused-ring (bicyclic) bond motifs is 1. The van der Waals surface area contributed by atoms with Crippen LogP contribution in [0.4, 0.5) is 5.69 Å². The number of para-hydroxylation sites is 1. The molecule has 1 heterocycles. The van der Waals surface area contributed by atoms with Gasteiger partial charge >= 0.3 is 0 Å². The van der Waals surface area contributed by atoms with Gasteiger partial charge in [-0.15, -0.1) is 0 Å². The van der Waals surface area contributed by atoms with E-state index in [2.05, 4.69) is 5.32 Å². The maximum Gasteiger partial charge on any atom is 0.260 e. The SMILES string of the molecule is O=C(c1ccccc1)N1Cc2ccccc2NC1=S. The van der Waals surface area contributed by atoms with E-state index >= 15 is 0 Å². The number of rotatable bonds is 1. The van der Waals surface area contributed by atoms with Crippen LogP contribution in [0, 0.1) is 0 Å². The molecule has 94 valence electrons. The summed E-state index contributed by atoms with van der Waals surface area (Å²) in [4.78, 5) is 14.0. The number of carbonyl (C=O) groups is 1. The quantitative estimate of drug-likeness (QED) is 0.807. The number of amides is 1. The van der Waals surface area contributed by atoms with Crippen molar-refractivity contribution in [3.8, 4) is 0 Å². The van der Waals surface area contributed by atoms with Gasteiger partial charge in [0, 0.05) is 11.3 Å². The van der Waals surface area contributed by atoms with Gasteiger partial charge in [0.2, 0.25) is 0 Å². The van der Waals surface area contributed by atoms with Crippen LogP contribution in [0.5, 0.6) is 0 Å². The van der Waals surface area contributed by atoms with Gasteiger partial charge in [-0.1, -0.05) is 36.4 Å². The molecule has 19 heavy (non-hydrogen) atoms. The molecule has 0 aromatic heterocycles. The summed E-state index contributed by atoms with van der Waals surface area (Å²) in [6, 6.07) is 17.0. The molecular formula is C15H12N2OS. The lowest BCUT2D eigenvalue weighted by molar-refractivity contribution is 0.0841. The lowest BCUT2D eigenvalue weighted by atomic mass is 10.1. The van der Waals surface area contributed by atoms with E-state index in [1.807, 2.05) is 42.5 Å². The standard InChI is InChI=1S/C15H12N2OS/c18-14(11-6-2-1-3-7-11)17-10-12-8-4-5-9-13(12)16-15(17)19/h1-9H,10H2,(H,16,19). The van der Waals surface area contributed by atoms with E-state index in [4.69, 9.17) is 12.2 Å². The Kier molecular flexibility index (Phi) is 3.01. The monoisotopic (exact) mass is 268 g/mol. The lowest BCUT2D eigenvalue weighted by Crippen LogP contribution is -2.42. The number of carbonyl (C=O) groups excluding carboxylic acids is 1. The molecule has 0 unspecified atom stereocenters. The molecule has 0 fully saturated rings. The first-order valence-corrected chi connectivity index (χ1v) is 6.42. The van der Waals surface area contributed by atoms with E-state index < -0.39 is 0 Å². The fourth-order valence-electron chi connectivity index (χ4n) is 2.11. The summed E-state index contributed by atoms with van der Waals surface area (Å²) in [5.74, 6) is -0.0763. The van der Waals surface area contributed by atoms with Gasteiger partial charge in [-0.3, -0.25) is 9.69 Å². The molecule has 4 heteroatoms. The third-order valence-corrected chi connectivity index (χ3v) is 3.42. The van der Waals surface area contributed by atoms with E-state index in [1.54, 1.807) is 17.0 Å². The first-order valence-electron chi connectivity index (χ1n) is 6.01. The highest BCUT2D eigenvalue weighted by Gasteiger charge is 2.25. The summed E-state index contributed by atoms with van der Waals surface area (Å²) in [5.41, 5.74) is 2.69. The molecule has 0 radical (unpaired) electrons. The van der Waals surface area contributed by atoms with Crippen LogP contribution in [0.3, 0.4) is 0 Å². The number of thiocarbonyl (C=S) groups is 1. The van der Waals surface area contributed by atoms with Crippen LogP contribution in [-0.4, -0.2) is 15.9 Å². The summed E-state index contributed by atoms with van der Waals surface area (Å²) >= 11 is 5.27. The zero-order valence-corrected chi connectivity index (χ0v) is 11.0. The molecule has 1 aliphatic heterocycles. The number of anilines is 1. The predicted octanol–water partition coefficient (Wildman–Crippen LogP) is 3.04. The number of nitrogens with one attached hydrogen (secondary N) is 1. The van der Waals surface area contributed by atoms with Gasteiger partial charge in [0.25, 0.3) is 5.91 Å². The van der Waals surface area contributed by atoms with Gasteiger partial charge in [0.15, 0.2) is 5.11 Å². The second-order valence-corrected chi connectivity index (χ2v) is 4.73. The van der Waals surface area contributed by atoms with Crippen LogP contribution in [0.15, 0.2) is 54.6 Å². The molecule has 2 aromatic carbocycles. The Balaban J connectivity index is 1.91. The Labute approximate surface area is 116 Å². The lowest BCUT2D eigenvalue weighted by Gasteiger charge is -2.30. The molecule has 2 aromatic rings. The molecule has 0 saturated heterocycles. The zero-order chi connectivity index (χ0) is 13.2. The third kappa shape index (κ3) is 2.22. The fourth-order valence-corrected chi connectivity index (χ4v) is 2.36. The van der Waals surface area contributed by atoms with Crippen molar-refractivity contribution >= 4 is 28.9 Å². The van der Waals surface area contributed by atoms with Crippen molar-refractivity contribution in [3.63, 3.8) is 0 Å². The Bertz CT molecular complexity index is 640. The first kappa shape index (κ1) is 11.9. The van der Waals surface area contributed by atoms with Crippen LogP contribution >= 0.6 is 12.2 Å². The molecule has 1 N–H and O–H groups in total. The molecule has 0 bridgehead atoms. The minimum atomic E-state index is -0.0763. The summed E-state index contributed by atoms with van der Waals surface area (Å²) in [6.45, 7) is 0.510. The van der Waals surface area contributed by atoms with Crippen molar-refractivity contribution in [2.45, 2.75) is 6.54 Å². The van der Waals surface area contributed by atoms with Gasteiger partial charge in [0.05, 0.1) is 6.54 Å². The molecule has 1 aliphatic rings. The fraction of sp³-hybridized carbons (Fsp3) is 0.0667. The molecule has 0 saturated carbocycles. The van der Waals surface area contributed by atoms with E-state index in [0.717, 1.165) is 11.3 Å². The van der Waals surface area contributed by atoms with Crippen molar-refractivity contribution in [2.24, 2.45) is 0 Å². The van der Waals surface area contributed by atoms with Gasteiger partial charge in [-0.2, -0.15) is 0 Å². The third-order valence-electron chi connectivity index (χ3n) is 3.10. The molecule has 0 spiro atoms. The number of benzene rings is 2. The molecule has 1 amide bonds. The van der Waals surface area contributed by atoms with Crippen LogP contribution in [0.2, 0.25) is 0 Å². The van der Waals surface area contributed by atoms with E-state index in [1.165, 1.54) is 0 Å². The van der Waals surface area contributed by atoms with Crippen molar-refractivity contribution < 1.29 is 4.79 Å². The second-order valence-electron chi connectivity index (χ2n) is 4.34. The normalized spacial score (nSPS) is 13.7. The maximum absolute atomic E-state index is 12.4. The Hall–Kier alpha value is -2.20. The van der Waals surface area contributed by atoms with Crippen LogP contribution in [0.1, 0.15) is 15.9 Å². The molecule has 3 rings (SSSR count). The number of hydrogen-bond donors (Lipinski definition) is 1. The van der Waals surface area contributed by atoms with Crippen LogP contribution in [-0.2, 0) is 6.54 Å². The predicted molar refractivity (Wildman–Crippen MR) is 79.0 cm³/mol. The number of nitrogens with zero attached hydrogens (tertiary/aromatic N) is 1. The Morgan fingerprint density at radius 2 is 1.74 bits per heavy atom. The van der Waals surface area contributed by atoms with Gasteiger partial charge in [-0.25, -0.2) is 0 Å². The summed E-state index contributed by atoms with van der Waals surface area (Å²) in [5, 5.41) is 3.55. The maximum atomic E-state index is 12.4. The number of hydrogen-bond acceptors (Lipinski definition) is 2.